The van der Waals surface area contributed by atoms with Crippen LogP contribution in [0.4, 0.5) is 0 Å². The Morgan fingerprint density at radius 1 is 1.35 bits per heavy atom. The third-order valence-corrected chi connectivity index (χ3v) is 5.56. The van der Waals surface area contributed by atoms with Gasteiger partial charge >= 0.3 is 5.97 Å². The minimum absolute atomic E-state index is 0.00502. The van der Waals surface area contributed by atoms with Crippen LogP contribution in [0.3, 0.4) is 0 Å². The largest absolute Gasteiger partial charge is 0.462 e. The normalized spacial score (nSPS) is 38.7. The highest BCUT2D eigenvalue weighted by Gasteiger charge is 2.62. The second-order valence-corrected chi connectivity index (χ2v) is 7.19. The van der Waals surface area contributed by atoms with E-state index in [1.165, 1.54) is 12.8 Å². The molecule has 2 rings (SSSR count). The van der Waals surface area contributed by atoms with Gasteiger partial charge in [0.25, 0.3) is 0 Å². The number of esters is 1. The molecule has 2 unspecified atom stereocenters. The number of ether oxygens (including phenoxy) is 1. The molecule has 17 heavy (non-hydrogen) atoms. The van der Waals surface area contributed by atoms with Crippen LogP contribution in [0.15, 0.2) is 0 Å². The third kappa shape index (κ3) is 1.90. The minimum Gasteiger partial charge on any atom is -0.462 e. The molecule has 0 aromatic carbocycles. The third-order valence-electron chi connectivity index (χ3n) is 5.56. The lowest BCUT2D eigenvalue weighted by molar-refractivity contribution is -0.157. The quantitative estimate of drug-likeness (QED) is 0.699. The van der Waals surface area contributed by atoms with Crippen LogP contribution in [-0.4, -0.2) is 12.1 Å². The predicted molar refractivity (Wildman–Crippen MR) is 68.6 cm³/mol. The molecule has 0 N–H and O–H groups in total. The molecule has 2 heteroatoms. The first-order valence-electron chi connectivity index (χ1n) is 6.97. The summed E-state index contributed by atoms with van der Waals surface area (Å²) in [5.74, 6) is 1.13. The Morgan fingerprint density at radius 3 is 2.41 bits per heavy atom. The fraction of sp³-hybridized carbons (Fsp3) is 0.933. The second kappa shape index (κ2) is 4.00. The number of carbonyl (C=O) groups is 1. The van der Waals surface area contributed by atoms with Gasteiger partial charge in [0.05, 0.1) is 0 Å². The van der Waals surface area contributed by atoms with E-state index in [1.807, 2.05) is 0 Å². The molecule has 0 aromatic rings. The zero-order chi connectivity index (χ0) is 12.8. The average Bonchev–Trinajstić information content (AvgIpc) is 2.49. The SMILES string of the molecule is CC(C)CC(=O)O[C@@H]1CC2CCC1(C)C2(C)C. The van der Waals surface area contributed by atoms with Gasteiger partial charge in [0.1, 0.15) is 6.10 Å². The van der Waals surface area contributed by atoms with Crippen molar-refractivity contribution in [1.29, 1.82) is 0 Å². The van der Waals surface area contributed by atoms with E-state index < -0.39 is 0 Å². The lowest BCUT2D eigenvalue weighted by Crippen LogP contribution is -2.38. The van der Waals surface area contributed by atoms with E-state index in [2.05, 4.69) is 34.6 Å². The summed E-state index contributed by atoms with van der Waals surface area (Å²) in [6.45, 7) is 11.1. The lowest BCUT2D eigenvalue weighted by atomic mass is 9.70. The predicted octanol–water partition coefficient (Wildman–Crippen LogP) is 3.79. The molecular weight excluding hydrogens is 212 g/mol. The molecule has 98 valence electrons. The van der Waals surface area contributed by atoms with Gasteiger partial charge in [-0.3, -0.25) is 4.79 Å². The number of hydrogen-bond acceptors (Lipinski definition) is 2. The number of fused-ring (bicyclic) bond motifs is 2. The first kappa shape index (κ1) is 12.9. The van der Waals surface area contributed by atoms with Crippen molar-refractivity contribution in [2.24, 2.45) is 22.7 Å². The Hall–Kier alpha value is -0.530. The van der Waals surface area contributed by atoms with Gasteiger partial charge in [-0.1, -0.05) is 34.6 Å². The van der Waals surface area contributed by atoms with Crippen molar-refractivity contribution in [3.8, 4) is 0 Å². The number of hydrogen-bond donors (Lipinski definition) is 0. The molecule has 0 radical (unpaired) electrons. The molecule has 0 aliphatic heterocycles. The summed E-state index contributed by atoms with van der Waals surface area (Å²) >= 11 is 0. The Labute approximate surface area is 105 Å². The monoisotopic (exact) mass is 238 g/mol. The Bertz CT molecular complexity index is 319. The van der Waals surface area contributed by atoms with Crippen molar-refractivity contribution in [3.05, 3.63) is 0 Å². The summed E-state index contributed by atoms with van der Waals surface area (Å²) in [5.41, 5.74) is 0.528. The highest BCUT2D eigenvalue weighted by Crippen LogP contribution is 2.66. The molecule has 2 saturated carbocycles. The van der Waals surface area contributed by atoms with Crippen LogP contribution in [0.5, 0.6) is 0 Å². The Morgan fingerprint density at radius 2 is 2.00 bits per heavy atom. The van der Waals surface area contributed by atoms with E-state index in [0.29, 0.717) is 17.8 Å². The second-order valence-electron chi connectivity index (χ2n) is 7.19. The summed E-state index contributed by atoms with van der Waals surface area (Å²) in [7, 11) is 0. The molecule has 3 atom stereocenters. The lowest BCUT2D eigenvalue weighted by Gasteiger charge is -2.38. The van der Waals surface area contributed by atoms with Crippen LogP contribution in [0.1, 0.15) is 60.3 Å². The maximum absolute atomic E-state index is 11.8. The molecule has 2 aliphatic carbocycles. The van der Waals surface area contributed by atoms with Crippen LogP contribution in [0, 0.1) is 22.7 Å². The Kier molecular flexibility index (Phi) is 3.04. The molecule has 2 bridgehead atoms. The summed E-state index contributed by atoms with van der Waals surface area (Å²) < 4.78 is 5.76. The smallest absolute Gasteiger partial charge is 0.306 e. The molecule has 0 aromatic heterocycles. The summed E-state index contributed by atoms with van der Waals surface area (Å²) in [4.78, 5) is 11.8. The maximum atomic E-state index is 11.8. The van der Waals surface area contributed by atoms with Gasteiger partial charge < -0.3 is 4.74 Å². The fourth-order valence-electron chi connectivity index (χ4n) is 3.85. The minimum atomic E-state index is -0.00502. The first-order chi connectivity index (χ1) is 7.77. The summed E-state index contributed by atoms with van der Waals surface area (Å²) in [6, 6.07) is 0. The molecule has 2 aliphatic rings. The van der Waals surface area contributed by atoms with E-state index in [0.717, 1.165) is 12.3 Å². The van der Waals surface area contributed by atoms with E-state index in [4.69, 9.17) is 4.74 Å². The van der Waals surface area contributed by atoms with Gasteiger partial charge in [-0.25, -0.2) is 0 Å². The summed E-state index contributed by atoms with van der Waals surface area (Å²) in [5, 5.41) is 0. The van der Waals surface area contributed by atoms with Crippen molar-refractivity contribution < 1.29 is 9.53 Å². The topological polar surface area (TPSA) is 26.3 Å². The fourth-order valence-corrected chi connectivity index (χ4v) is 3.85. The van der Waals surface area contributed by atoms with E-state index in [9.17, 15) is 4.79 Å². The molecule has 2 nitrogen and oxygen atoms in total. The highest BCUT2D eigenvalue weighted by atomic mass is 16.5. The van der Waals surface area contributed by atoms with E-state index in [-0.39, 0.29) is 17.5 Å². The maximum Gasteiger partial charge on any atom is 0.306 e. The van der Waals surface area contributed by atoms with Crippen LogP contribution in [0.25, 0.3) is 0 Å². The van der Waals surface area contributed by atoms with E-state index in [1.54, 1.807) is 0 Å². The van der Waals surface area contributed by atoms with Gasteiger partial charge in [-0.05, 0) is 36.5 Å². The zero-order valence-electron chi connectivity index (χ0n) is 11.9. The average molecular weight is 238 g/mol. The molecule has 0 spiro atoms. The van der Waals surface area contributed by atoms with Gasteiger partial charge in [0.15, 0.2) is 0 Å². The van der Waals surface area contributed by atoms with Gasteiger partial charge in [-0.2, -0.15) is 0 Å². The van der Waals surface area contributed by atoms with Gasteiger partial charge in [0.2, 0.25) is 0 Å². The van der Waals surface area contributed by atoms with Crippen molar-refractivity contribution >= 4 is 5.97 Å². The van der Waals surface area contributed by atoms with Crippen molar-refractivity contribution in [2.45, 2.75) is 66.4 Å². The molecule has 0 heterocycles. The molecule has 2 fully saturated rings. The molecular formula is C15H26O2. The van der Waals surface area contributed by atoms with Crippen LogP contribution < -0.4 is 0 Å². The van der Waals surface area contributed by atoms with E-state index >= 15 is 0 Å². The standard InChI is InChI=1S/C15H26O2/c1-10(2)8-13(16)17-12-9-11-6-7-15(12,5)14(11,3)4/h10-12H,6-9H2,1-5H3/t11?,12-,15?/m1/s1. The Balaban J connectivity index is 2.03. The zero-order valence-corrected chi connectivity index (χ0v) is 11.9. The van der Waals surface area contributed by atoms with Crippen LogP contribution >= 0.6 is 0 Å². The number of carbonyl (C=O) groups excluding carboxylic acids is 1. The molecule has 0 saturated heterocycles. The van der Waals surface area contributed by atoms with Crippen LogP contribution in [0.2, 0.25) is 0 Å². The first-order valence-corrected chi connectivity index (χ1v) is 6.97. The van der Waals surface area contributed by atoms with Crippen molar-refractivity contribution in [3.63, 3.8) is 0 Å². The molecule has 0 amide bonds. The van der Waals surface area contributed by atoms with Crippen LogP contribution in [-0.2, 0) is 9.53 Å². The van der Waals surface area contributed by atoms with Gasteiger partial charge in [-0.15, -0.1) is 0 Å². The highest BCUT2D eigenvalue weighted by molar-refractivity contribution is 5.70. The van der Waals surface area contributed by atoms with Crippen molar-refractivity contribution in [1.82, 2.24) is 0 Å². The number of rotatable bonds is 3. The van der Waals surface area contributed by atoms with Crippen molar-refractivity contribution in [2.75, 3.05) is 0 Å². The summed E-state index contributed by atoms with van der Waals surface area (Å²) in [6.07, 6.45) is 4.30. The van der Waals surface area contributed by atoms with Gasteiger partial charge in [0, 0.05) is 11.8 Å².